The number of rotatable bonds is 5. The van der Waals surface area contributed by atoms with Gasteiger partial charge in [-0.25, -0.2) is 14.4 Å². The summed E-state index contributed by atoms with van der Waals surface area (Å²) in [6.45, 7) is 4.80. The number of halogens is 1. The summed E-state index contributed by atoms with van der Waals surface area (Å²) in [5.74, 6) is 0.713. The average molecular weight is 362 g/mol. The maximum Gasteiger partial charge on any atom is 0.132 e. The first kappa shape index (κ1) is 17.7. The van der Waals surface area contributed by atoms with E-state index in [1.54, 1.807) is 12.1 Å². The van der Waals surface area contributed by atoms with Crippen LogP contribution in [0.5, 0.6) is 0 Å². The van der Waals surface area contributed by atoms with Crippen LogP contribution in [0.1, 0.15) is 36.0 Å². The molecule has 0 atom stereocenters. The van der Waals surface area contributed by atoms with Crippen molar-refractivity contribution in [2.45, 2.75) is 39.3 Å². The van der Waals surface area contributed by atoms with Crippen molar-refractivity contribution in [2.24, 2.45) is 0 Å². The molecule has 0 radical (unpaired) electrons. The largest absolute Gasteiger partial charge is 0.294 e. The van der Waals surface area contributed by atoms with Gasteiger partial charge in [0, 0.05) is 61.7 Å². The van der Waals surface area contributed by atoms with Gasteiger partial charge >= 0.3 is 0 Å². The van der Waals surface area contributed by atoms with Crippen molar-refractivity contribution in [3.8, 4) is 11.3 Å². The summed E-state index contributed by atoms with van der Waals surface area (Å²) in [5.41, 5.74) is 4.74. The molecule has 3 heterocycles. The lowest BCUT2D eigenvalue weighted by Crippen LogP contribution is -2.31. The van der Waals surface area contributed by atoms with Crippen molar-refractivity contribution < 1.29 is 4.39 Å². The number of hydrogen-bond donors (Lipinski definition) is 0. The minimum absolute atomic E-state index is 0.243. The molecule has 0 fully saturated rings. The third kappa shape index (κ3) is 4.03. The van der Waals surface area contributed by atoms with Crippen LogP contribution in [-0.4, -0.2) is 26.4 Å². The molecule has 0 saturated heterocycles. The Kier molecular flexibility index (Phi) is 5.21. The highest BCUT2D eigenvalue weighted by Crippen LogP contribution is 2.22. The SMILES string of the molecule is CCCc1ncc2c(n1)CCN(Cc1ccc(-c3ccccc3F)nc1)C2. The minimum atomic E-state index is -0.243. The number of nitrogens with zero attached hydrogens (tertiary/aromatic N) is 4. The van der Waals surface area contributed by atoms with E-state index >= 15 is 0 Å². The van der Waals surface area contributed by atoms with Gasteiger partial charge in [-0.3, -0.25) is 9.88 Å². The molecule has 2 aromatic heterocycles. The van der Waals surface area contributed by atoms with Crippen LogP contribution in [0.15, 0.2) is 48.8 Å². The van der Waals surface area contributed by atoms with Crippen molar-refractivity contribution in [2.75, 3.05) is 6.54 Å². The van der Waals surface area contributed by atoms with Crippen LogP contribution in [0.25, 0.3) is 11.3 Å². The predicted molar refractivity (Wildman–Crippen MR) is 103 cm³/mol. The van der Waals surface area contributed by atoms with E-state index in [0.29, 0.717) is 11.3 Å². The van der Waals surface area contributed by atoms with E-state index in [2.05, 4.69) is 21.8 Å². The maximum absolute atomic E-state index is 13.9. The average Bonchev–Trinajstić information content (AvgIpc) is 2.69. The molecule has 0 spiro atoms. The zero-order valence-corrected chi connectivity index (χ0v) is 15.5. The number of aromatic nitrogens is 3. The second kappa shape index (κ2) is 7.92. The van der Waals surface area contributed by atoms with Gasteiger partial charge in [0.1, 0.15) is 11.6 Å². The standard InChI is InChI=1S/C22H23FN4/c1-2-5-22-25-13-17-15-27(11-10-20(17)26-22)14-16-8-9-21(24-12-16)18-6-3-4-7-19(18)23/h3-4,6-9,12-13H,2,5,10-11,14-15H2,1H3. The number of fused-ring (bicyclic) bond motifs is 1. The van der Waals surface area contributed by atoms with Gasteiger partial charge in [0.05, 0.1) is 5.69 Å². The molecule has 0 bridgehead atoms. The van der Waals surface area contributed by atoms with Gasteiger partial charge in [-0.05, 0) is 30.2 Å². The van der Waals surface area contributed by atoms with Crippen LogP contribution in [-0.2, 0) is 25.9 Å². The number of hydrogen-bond acceptors (Lipinski definition) is 4. The normalized spacial score (nSPS) is 14.1. The Bertz CT molecular complexity index is 924. The molecule has 27 heavy (non-hydrogen) atoms. The molecule has 0 aliphatic carbocycles. The Labute approximate surface area is 159 Å². The third-order valence-corrected chi connectivity index (χ3v) is 4.92. The Balaban J connectivity index is 1.43. The molecule has 0 unspecified atom stereocenters. The smallest absolute Gasteiger partial charge is 0.132 e. The van der Waals surface area contributed by atoms with Crippen LogP contribution in [0.4, 0.5) is 4.39 Å². The van der Waals surface area contributed by atoms with Gasteiger partial charge in [-0.2, -0.15) is 0 Å². The molecule has 3 aromatic rings. The zero-order valence-electron chi connectivity index (χ0n) is 15.5. The fourth-order valence-corrected chi connectivity index (χ4v) is 3.50. The fourth-order valence-electron chi connectivity index (χ4n) is 3.50. The Morgan fingerprint density at radius 1 is 1.07 bits per heavy atom. The molecule has 5 heteroatoms. The van der Waals surface area contributed by atoms with Gasteiger partial charge in [-0.15, -0.1) is 0 Å². The highest BCUT2D eigenvalue weighted by Gasteiger charge is 2.18. The second-order valence-corrected chi connectivity index (χ2v) is 7.00. The second-order valence-electron chi connectivity index (χ2n) is 7.00. The first-order valence-corrected chi connectivity index (χ1v) is 9.49. The highest BCUT2D eigenvalue weighted by atomic mass is 19.1. The van der Waals surface area contributed by atoms with E-state index < -0.39 is 0 Å². The van der Waals surface area contributed by atoms with Crippen molar-refractivity contribution in [3.63, 3.8) is 0 Å². The summed E-state index contributed by atoms with van der Waals surface area (Å²) >= 11 is 0. The lowest BCUT2D eigenvalue weighted by Gasteiger charge is -2.28. The summed E-state index contributed by atoms with van der Waals surface area (Å²) in [5, 5.41) is 0. The van der Waals surface area contributed by atoms with E-state index in [0.717, 1.165) is 50.3 Å². The van der Waals surface area contributed by atoms with Crippen molar-refractivity contribution in [3.05, 3.63) is 77.3 Å². The summed E-state index contributed by atoms with van der Waals surface area (Å²) in [6, 6.07) is 10.7. The lowest BCUT2D eigenvalue weighted by molar-refractivity contribution is 0.242. The van der Waals surface area contributed by atoms with Crippen molar-refractivity contribution in [1.82, 2.24) is 19.9 Å². The molecule has 0 amide bonds. The molecule has 4 nitrogen and oxygen atoms in total. The molecule has 0 N–H and O–H groups in total. The lowest BCUT2D eigenvalue weighted by atomic mass is 10.1. The molecular formula is C22H23FN4. The molecule has 138 valence electrons. The van der Waals surface area contributed by atoms with E-state index in [4.69, 9.17) is 4.98 Å². The molecule has 1 aliphatic heterocycles. The Morgan fingerprint density at radius 3 is 2.74 bits per heavy atom. The molecule has 1 aromatic carbocycles. The topological polar surface area (TPSA) is 41.9 Å². The van der Waals surface area contributed by atoms with Gasteiger partial charge in [0.25, 0.3) is 0 Å². The first-order chi connectivity index (χ1) is 13.2. The van der Waals surface area contributed by atoms with Crippen molar-refractivity contribution >= 4 is 0 Å². The van der Waals surface area contributed by atoms with Crippen molar-refractivity contribution in [1.29, 1.82) is 0 Å². The zero-order chi connectivity index (χ0) is 18.6. The maximum atomic E-state index is 13.9. The molecule has 0 saturated carbocycles. The quantitative estimate of drug-likeness (QED) is 0.683. The van der Waals surface area contributed by atoms with Crippen LogP contribution < -0.4 is 0 Å². The number of aryl methyl sites for hydroxylation is 1. The number of benzene rings is 1. The van der Waals surface area contributed by atoms with Crippen LogP contribution in [0.2, 0.25) is 0 Å². The van der Waals surface area contributed by atoms with Gasteiger partial charge < -0.3 is 0 Å². The van der Waals surface area contributed by atoms with E-state index in [1.807, 2.05) is 30.6 Å². The number of pyridine rings is 1. The van der Waals surface area contributed by atoms with E-state index in [-0.39, 0.29) is 5.82 Å². The summed E-state index contributed by atoms with van der Waals surface area (Å²) in [6.07, 6.45) is 6.80. The highest BCUT2D eigenvalue weighted by molar-refractivity contribution is 5.59. The van der Waals surface area contributed by atoms with Crippen LogP contribution in [0, 0.1) is 5.82 Å². The molecule has 1 aliphatic rings. The summed E-state index contributed by atoms with van der Waals surface area (Å²) in [4.78, 5) is 16.0. The van der Waals surface area contributed by atoms with Gasteiger partial charge in [0.2, 0.25) is 0 Å². The van der Waals surface area contributed by atoms with E-state index in [9.17, 15) is 4.39 Å². The predicted octanol–water partition coefficient (Wildman–Crippen LogP) is 4.19. The monoisotopic (exact) mass is 362 g/mol. The summed E-state index contributed by atoms with van der Waals surface area (Å²) < 4.78 is 13.9. The first-order valence-electron chi connectivity index (χ1n) is 9.49. The van der Waals surface area contributed by atoms with Crippen LogP contribution in [0.3, 0.4) is 0 Å². The minimum Gasteiger partial charge on any atom is -0.294 e. The van der Waals surface area contributed by atoms with Gasteiger partial charge in [-0.1, -0.05) is 25.1 Å². The van der Waals surface area contributed by atoms with E-state index in [1.165, 1.54) is 17.3 Å². The molecular weight excluding hydrogens is 339 g/mol. The van der Waals surface area contributed by atoms with Crippen LogP contribution >= 0.6 is 0 Å². The summed E-state index contributed by atoms with van der Waals surface area (Å²) in [7, 11) is 0. The third-order valence-electron chi connectivity index (χ3n) is 4.92. The Morgan fingerprint density at radius 2 is 1.96 bits per heavy atom. The van der Waals surface area contributed by atoms with Gasteiger partial charge in [0.15, 0.2) is 0 Å². The Hall–Kier alpha value is -2.66. The fraction of sp³-hybridized carbons (Fsp3) is 0.318. The molecule has 4 rings (SSSR count).